The number of hydroxylamine groups is 2. The lowest BCUT2D eigenvalue weighted by atomic mass is 10.1. The summed E-state index contributed by atoms with van der Waals surface area (Å²) in [6.07, 6.45) is 6.14. The lowest BCUT2D eigenvalue weighted by Crippen LogP contribution is -2.38. The number of primary amides is 1. The molecule has 0 aliphatic heterocycles. The summed E-state index contributed by atoms with van der Waals surface area (Å²) < 4.78 is 5.80. The van der Waals surface area contributed by atoms with Crippen molar-refractivity contribution in [2.45, 2.75) is 19.4 Å². The van der Waals surface area contributed by atoms with Gasteiger partial charge in [-0.2, -0.15) is 5.06 Å². The SMILES string of the molecule is CC(C#Cc1sccc1OC1=CC=CC(=S)C1)N(O)C(N)=O. The zero-order valence-corrected chi connectivity index (χ0v) is 13.4. The first-order chi connectivity index (χ1) is 10.5. The third-order valence-electron chi connectivity index (χ3n) is 2.77. The summed E-state index contributed by atoms with van der Waals surface area (Å²) in [5.41, 5.74) is 4.97. The van der Waals surface area contributed by atoms with Gasteiger partial charge in [0.05, 0.1) is 0 Å². The Hall–Kier alpha value is -2.14. The molecule has 0 spiro atoms. The van der Waals surface area contributed by atoms with Crippen LogP contribution < -0.4 is 10.5 Å². The first kappa shape index (κ1) is 16.2. The standard InChI is InChI=1S/C15H14N2O3S2/c1-10(17(19)15(16)18)5-6-14-13(7-8-22-14)20-11-3-2-4-12(21)9-11/h2-4,7-8,10,19H,9H2,1H3,(H2,16,18). The van der Waals surface area contributed by atoms with Crippen LogP contribution in [0.5, 0.6) is 5.75 Å². The highest BCUT2D eigenvalue weighted by molar-refractivity contribution is 7.80. The molecule has 0 fully saturated rings. The maximum Gasteiger partial charge on any atom is 0.339 e. The van der Waals surface area contributed by atoms with Crippen molar-refractivity contribution in [3.63, 3.8) is 0 Å². The van der Waals surface area contributed by atoms with Crippen LogP contribution in [0, 0.1) is 11.8 Å². The van der Waals surface area contributed by atoms with Crippen LogP contribution in [0.4, 0.5) is 4.79 Å². The zero-order chi connectivity index (χ0) is 16.1. The number of hydrogen-bond donors (Lipinski definition) is 2. The van der Waals surface area contributed by atoms with Gasteiger partial charge in [0.2, 0.25) is 0 Å². The smallest absolute Gasteiger partial charge is 0.339 e. The molecule has 2 amide bonds. The molecule has 0 bridgehead atoms. The van der Waals surface area contributed by atoms with E-state index in [1.165, 1.54) is 11.3 Å². The van der Waals surface area contributed by atoms with Crippen molar-refractivity contribution in [1.29, 1.82) is 0 Å². The van der Waals surface area contributed by atoms with Gasteiger partial charge in [-0.25, -0.2) is 4.79 Å². The molecular formula is C15H14N2O3S2. The summed E-state index contributed by atoms with van der Waals surface area (Å²) >= 11 is 6.55. The minimum absolute atomic E-state index is 0.383. The molecule has 0 radical (unpaired) electrons. The van der Waals surface area contributed by atoms with Crippen LogP contribution >= 0.6 is 23.6 Å². The van der Waals surface area contributed by atoms with E-state index in [-0.39, 0.29) is 0 Å². The largest absolute Gasteiger partial charge is 0.459 e. The highest BCUT2D eigenvalue weighted by atomic mass is 32.1. The van der Waals surface area contributed by atoms with Crippen LogP contribution in [-0.2, 0) is 0 Å². The van der Waals surface area contributed by atoms with Gasteiger partial charge >= 0.3 is 6.03 Å². The maximum absolute atomic E-state index is 10.8. The number of nitrogens with two attached hydrogens (primary N) is 1. The first-order valence-electron chi connectivity index (χ1n) is 6.42. The van der Waals surface area contributed by atoms with Crippen molar-refractivity contribution < 1.29 is 14.7 Å². The van der Waals surface area contributed by atoms with Crippen LogP contribution in [0.1, 0.15) is 18.2 Å². The Bertz CT molecular complexity index is 710. The minimum atomic E-state index is -0.947. The molecule has 7 heteroatoms. The monoisotopic (exact) mass is 334 g/mol. The second kappa shape index (κ2) is 7.22. The van der Waals surface area contributed by atoms with E-state index in [9.17, 15) is 10.0 Å². The molecule has 1 unspecified atom stereocenters. The number of hydrogen-bond acceptors (Lipinski definition) is 5. The van der Waals surface area contributed by atoms with Crippen LogP contribution in [0.2, 0.25) is 0 Å². The van der Waals surface area contributed by atoms with E-state index in [1.807, 2.05) is 29.7 Å². The number of thiophene rings is 1. The average Bonchev–Trinajstić information content (AvgIpc) is 2.91. The maximum atomic E-state index is 10.8. The van der Waals surface area contributed by atoms with E-state index in [0.29, 0.717) is 22.1 Å². The van der Waals surface area contributed by atoms with E-state index in [4.69, 9.17) is 22.7 Å². The number of rotatable bonds is 3. The summed E-state index contributed by atoms with van der Waals surface area (Å²) in [7, 11) is 0. The number of thiocarbonyl (C=S) groups is 1. The van der Waals surface area contributed by atoms with Crippen molar-refractivity contribution in [1.82, 2.24) is 5.06 Å². The number of carbonyl (C=O) groups excluding carboxylic acids is 1. The Kier molecular flexibility index (Phi) is 5.33. The average molecular weight is 334 g/mol. The molecule has 1 aromatic heterocycles. The fourth-order valence-corrected chi connectivity index (χ4v) is 2.55. The number of ether oxygens (including phenoxy) is 1. The second-order valence-electron chi connectivity index (χ2n) is 4.48. The summed E-state index contributed by atoms with van der Waals surface area (Å²) in [4.78, 5) is 12.4. The number of nitrogens with zero attached hydrogens (tertiary/aromatic N) is 1. The topological polar surface area (TPSA) is 75.8 Å². The van der Waals surface area contributed by atoms with Crippen LogP contribution in [0.3, 0.4) is 0 Å². The van der Waals surface area contributed by atoms with Crippen molar-refractivity contribution in [3.05, 3.63) is 40.3 Å². The third-order valence-corrected chi connectivity index (χ3v) is 3.86. The highest BCUT2D eigenvalue weighted by Gasteiger charge is 2.13. The van der Waals surface area contributed by atoms with Gasteiger partial charge in [-0.1, -0.05) is 24.2 Å². The molecule has 3 N–H and O–H groups in total. The molecule has 0 aromatic carbocycles. The number of urea groups is 1. The summed E-state index contributed by atoms with van der Waals surface area (Å²) in [5.74, 6) is 7.01. The molecule has 1 aromatic rings. The zero-order valence-electron chi connectivity index (χ0n) is 11.8. The Labute approximate surface area is 137 Å². The molecular weight excluding hydrogens is 320 g/mol. The van der Waals surface area contributed by atoms with Gasteiger partial charge in [-0.3, -0.25) is 5.21 Å². The lowest BCUT2D eigenvalue weighted by Gasteiger charge is -2.14. The van der Waals surface area contributed by atoms with Crippen molar-refractivity contribution >= 4 is 34.5 Å². The predicted molar refractivity (Wildman–Crippen MR) is 88.9 cm³/mol. The highest BCUT2D eigenvalue weighted by Crippen LogP contribution is 2.27. The molecule has 114 valence electrons. The van der Waals surface area contributed by atoms with E-state index in [1.54, 1.807) is 6.92 Å². The van der Waals surface area contributed by atoms with Crippen LogP contribution in [0.25, 0.3) is 0 Å². The number of carbonyl (C=O) groups is 1. The fourth-order valence-electron chi connectivity index (χ4n) is 1.65. The third kappa shape index (κ3) is 4.18. The quantitative estimate of drug-likeness (QED) is 0.386. The van der Waals surface area contributed by atoms with E-state index in [0.717, 1.165) is 10.6 Å². The fraction of sp³-hybridized carbons (Fsp3) is 0.200. The van der Waals surface area contributed by atoms with Crippen molar-refractivity contribution in [3.8, 4) is 17.6 Å². The molecule has 1 aliphatic carbocycles. The Morgan fingerprint density at radius 1 is 1.64 bits per heavy atom. The molecule has 1 aliphatic rings. The number of amides is 2. The number of allylic oxidation sites excluding steroid dienone is 4. The van der Waals surface area contributed by atoms with Crippen LogP contribution in [-0.4, -0.2) is 27.2 Å². The van der Waals surface area contributed by atoms with Gasteiger partial charge in [0.25, 0.3) is 0 Å². The summed E-state index contributed by atoms with van der Waals surface area (Å²) in [5, 5.41) is 11.6. The van der Waals surface area contributed by atoms with Crippen molar-refractivity contribution in [2.24, 2.45) is 5.73 Å². The molecule has 5 nitrogen and oxygen atoms in total. The molecule has 1 atom stereocenters. The molecule has 0 saturated carbocycles. The Morgan fingerprint density at radius 2 is 2.41 bits per heavy atom. The van der Waals surface area contributed by atoms with Crippen molar-refractivity contribution in [2.75, 3.05) is 0 Å². The van der Waals surface area contributed by atoms with E-state index in [2.05, 4.69) is 11.8 Å². The van der Waals surface area contributed by atoms with Gasteiger partial charge < -0.3 is 10.5 Å². The van der Waals surface area contributed by atoms with E-state index < -0.39 is 12.1 Å². The van der Waals surface area contributed by atoms with E-state index >= 15 is 0 Å². The molecule has 22 heavy (non-hydrogen) atoms. The van der Waals surface area contributed by atoms with Gasteiger partial charge in [0.1, 0.15) is 16.7 Å². The van der Waals surface area contributed by atoms with Crippen LogP contribution in [0.15, 0.2) is 35.4 Å². The van der Waals surface area contributed by atoms with Gasteiger partial charge in [-0.15, -0.1) is 11.3 Å². The van der Waals surface area contributed by atoms with Gasteiger partial charge in [-0.05, 0) is 36.4 Å². The normalized spacial score (nSPS) is 14.6. The Balaban J connectivity index is 2.11. The molecule has 2 rings (SSSR count). The summed E-state index contributed by atoms with van der Waals surface area (Å²) in [6, 6.07) is 0.153. The molecule has 1 heterocycles. The Morgan fingerprint density at radius 3 is 3.09 bits per heavy atom. The second-order valence-corrected chi connectivity index (χ2v) is 5.92. The van der Waals surface area contributed by atoms with Gasteiger partial charge in [0, 0.05) is 11.3 Å². The first-order valence-corrected chi connectivity index (χ1v) is 7.70. The minimum Gasteiger partial charge on any atom is -0.459 e. The summed E-state index contributed by atoms with van der Waals surface area (Å²) in [6.45, 7) is 1.57. The molecule has 0 saturated heterocycles. The van der Waals surface area contributed by atoms with Gasteiger partial charge in [0.15, 0.2) is 5.75 Å². The lowest BCUT2D eigenvalue weighted by molar-refractivity contribution is -0.0536. The predicted octanol–water partition coefficient (Wildman–Crippen LogP) is 2.85.